The molecule has 1 unspecified atom stereocenters. The predicted molar refractivity (Wildman–Crippen MR) is 91.5 cm³/mol. The first-order chi connectivity index (χ1) is 12.1. The Morgan fingerprint density at radius 2 is 2.36 bits per heavy atom. The number of amides is 2. The normalized spacial score (nSPS) is 16.1. The van der Waals surface area contributed by atoms with Crippen molar-refractivity contribution in [2.75, 3.05) is 24.7 Å². The molecule has 132 valence electrons. The lowest BCUT2D eigenvalue weighted by atomic mass is 9.89. The van der Waals surface area contributed by atoms with Gasteiger partial charge in [-0.05, 0) is 34.2 Å². The molecule has 1 atom stereocenters. The van der Waals surface area contributed by atoms with Crippen molar-refractivity contribution in [1.82, 2.24) is 25.5 Å². The lowest BCUT2D eigenvalue weighted by Crippen LogP contribution is -2.36. The van der Waals surface area contributed by atoms with Crippen molar-refractivity contribution in [3.63, 3.8) is 0 Å². The maximum absolute atomic E-state index is 12.5. The van der Waals surface area contributed by atoms with Crippen molar-refractivity contribution in [1.29, 1.82) is 0 Å². The number of ether oxygens (including phenoxy) is 1. The fraction of sp³-hybridized carbons (Fsp3) is 0.400. The van der Waals surface area contributed by atoms with Crippen molar-refractivity contribution < 1.29 is 14.3 Å². The Morgan fingerprint density at radius 1 is 1.52 bits per heavy atom. The summed E-state index contributed by atoms with van der Waals surface area (Å²) in [6, 6.07) is 5.30. The summed E-state index contributed by atoms with van der Waals surface area (Å²) in [4.78, 5) is 24.4. The largest absolute Gasteiger partial charge is 0.497 e. The Bertz CT molecular complexity index is 793. The van der Waals surface area contributed by atoms with Crippen LogP contribution in [0.3, 0.4) is 0 Å². The molecule has 0 saturated heterocycles. The van der Waals surface area contributed by atoms with Gasteiger partial charge in [0.05, 0.1) is 13.0 Å². The van der Waals surface area contributed by atoms with Gasteiger partial charge in [0.25, 0.3) is 0 Å². The SMILES string of the molecule is COc1ccc2c(c1)C(C(=O)NCCSc1nnnn1C)CC(=O)N2. The number of rotatable bonds is 6. The van der Waals surface area contributed by atoms with Gasteiger partial charge in [-0.15, -0.1) is 5.10 Å². The third-order valence-electron chi connectivity index (χ3n) is 3.83. The van der Waals surface area contributed by atoms with Crippen molar-refractivity contribution >= 4 is 29.3 Å². The fourth-order valence-corrected chi connectivity index (χ4v) is 3.29. The van der Waals surface area contributed by atoms with Gasteiger partial charge >= 0.3 is 0 Å². The first kappa shape index (κ1) is 17.2. The van der Waals surface area contributed by atoms with E-state index in [0.717, 1.165) is 5.56 Å². The number of benzene rings is 1. The number of hydrogen-bond donors (Lipinski definition) is 2. The molecule has 0 spiro atoms. The van der Waals surface area contributed by atoms with Crippen molar-refractivity contribution in [2.24, 2.45) is 7.05 Å². The number of tetrazole rings is 1. The van der Waals surface area contributed by atoms with E-state index in [9.17, 15) is 9.59 Å². The van der Waals surface area contributed by atoms with Crippen LogP contribution in [0.4, 0.5) is 5.69 Å². The van der Waals surface area contributed by atoms with Crippen LogP contribution in [0.25, 0.3) is 0 Å². The number of aryl methyl sites for hydroxylation is 1. The van der Waals surface area contributed by atoms with Gasteiger partial charge in [0, 0.05) is 31.5 Å². The highest BCUT2D eigenvalue weighted by Gasteiger charge is 2.30. The zero-order chi connectivity index (χ0) is 17.8. The Balaban J connectivity index is 1.62. The Hall–Kier alpha value is -2.62. The zero-order valence-electron chi connectivity index (χ0n) is 13.9. The quantitative estimate of drug-likeness (QED) is 0.570. The summed E-state index contributed by atoms with van der Waals surface area (Å²) in [6.45, 7) is 0.452. The van der Waals surface area contributed by atoms with Crippen LogP contribution in [-0.4, -0.2) is 51.4 Å². The van der Waals surface area contributed by atoms with Gasteiger partial charge in [0.2, 0.25) is 17.0 Å². The molecule has 0 saturated carbocycles. The minimum atomic E-state index is -0.527. The minimum Gasteiger partial charge on any atom is -0.497 e. The predicted octanol–water partition coefficient (Wildman–Crippen LogP) is 0.553. The molecule has 1 aromatic carbocycles. The molecule has 0 aliphatic carbocycles. The first-order valence-electron chi connectivity index (χ1n) is 7.69. The molecule has 1 aliphatic rings. The van der Waals surface area contributed by atoms with E-state index in [1.165, 1.54) is 11.8 Å². The molecular weight excluding hydrogens is 344 g/mol. The molecule has 9 nitrogen and oxygen atoms in total. The standard InChI is InChI=1S/C15H18N6O3S/c1-21-15(18-19-20-21)25-6-5-16-14(23)11-8-13(22)17-12-4-3-9(24-2)7-10(11)12/h3-4,7,11H,5-6,8H2,1-2H3,(H,16,23)(H,17,22). The van der Waals surface area contributed by atoms with Gasteiger partial charge in [0.15, 0.2) is 0 Å². The Morgan fingerprint density at radius 3 is 3.08 bits per heavy atom. The molecule has 2 N–H and O–H groups in total. The number of anilines is 1. The third-order valence-corrected chi connectivity index (χ3v) is 4.84. The fourth-order valence-electron chi connectivity index (χ4n) is 2.58. The van der Waals surface area contributed by atoms with Gasteiger partial charge in [0.1, 0.15) is 5.75 Å². The van der Waals surface area contributed by atoms with Crippen LogP contribution in [0.15, 0.2) is 23.4 Å². The van der Waals surface area contributed by atoms with Gasteiger partial charge < -0.3 is 15.4 Å². The van der Waals surface area contributed by atoms with E-state index in [1.54, 1.807) is 37.0 Å². The van der Waals surface area contributed by atoms with Crippen LogP contribution in [0.2, 0.25) is 0 Å². The highest BCUT2D eigenvalue weighted by molar-refractivity contribution is 7.99. The lowest BCUT2D eigenvalue weighted by molar-refractivity contribution is -0.126. The van der Waals surface area contributed by atoms with Crippen molar-refractivity contribution in [3.05, 3.63) is 23.8 Å². The molecule has 25 heavy (non-hydrogen) atoms. The number of thioether (sulfide) groups is 1. The summed E-state index contributed by atoms with van der Waals surface area (Å²) >= 11 is 1.45. The molecule has 10 heteroatoms. The molecule has 2 amide bonds. The first-order valence-corrected chi connectivity index (χ1v) is 8.67. The van der Waals surface area contributed by atoms with Crippen LogP contribution < -0.4 is 15.4 Å². The summed E-state index contributed by atoms with van der Waals surface area (Å²) in [5, 5.41) is 17.5. The Kier molecular flexibility index (Phi) is 5.17. The second kappa shape index (κ2) is 7.51. The smallest absolute Gasteiger partial charge is 0.228 e. The van der Waals surface area contributed by atoms with E-state index in [4.69, 9.17) is 4.74 Å². The van der Waals surface area contributed by atoms with Crippen LogP contribution in [0, 0.1) is 0 Å². The number of fused-ring (bicyclic) bond motifs is 1. The second-order valence-corrected chi connectivity index (χ2v) is 6.54. The molecular formula is C15H18N6O3S. The molecule has 3 rings (SSSR count). The molecule has 0 bridgehead atoms. The second-order valence-electron chi connectivity index (χ2n) is 5.48. The summed E-state index contributed by atoms with van der Waals surface area (Å²) in [7, 11) is 3.32. The summed E-state index contributed by atoms with van der Waals surface area (Å²) < 4.78 is 6.79. The lowest BCUT2D eigenvalue weighted by Gasteiger charge is -2.25. The van der Waals surface area contributed by atoms with Gasteiger partial charge in [-0.25, -0.2) is 4.68 Å². The number of carbonyl (C=O) groups excluding carboxylic acids is 2. The summed E-state index contributed by atoms with van der Waals surface area (Å²) in [5.41, 5.74) is 1.42. The van der Waals surface area contributed by atoms with Crippen LogP contribution in [0.1, 0.15) is 17.9 Å². The van der Waals surface area contributed by atoms with Gasteiger partial charge in [-0.2, -0.15) is 0 Å². The van der Waals surface area contributed by atoms with Gasteiger partial charge in [-0.3, -0.25) is 9.59 Å². The van der Waals surface area contributed by atoms with E-state index >= 15 is 0 Å². The zero-order valence-corrected chi connectivity index (χ0v) is 14.7. The molecule has 2 aromatic rings. The monoisotopic (exact) mass is 362 g/mol. The van der Waals surface area contributed by atoms with Crippen LogP contribution >= 0.6 is 11.8 Å². The average molecular weight is 362 g/mol. The molecule has 0 radical (unpaired) electrons. The number of nitrogens with one attached hydrogen (secondary N) is 2. The topological polar surface area (TPSA) is 111 Å². The van der Waals surface area contributed by atoms with Crippen LogP contribution in [0.5, 0.6) is 5.75 Å². The number of hydrogen-bond acceptors (Lipinski definition) is 7. The number of carbonyl (C=O) groups is 2. The molecule has 2 heterocycles. The molecule has 1 aliphatic heterocycles. The van der Waals surface area contributed by atoms with E-state index in [0.29, 0.717) is 28.9 Å². The Labute approximate surface area is 148 Å². The van der Waals surface area contributed by atoms with E-state index < -0.39 is 5.92 Å². The number of aromatic nitrogens is 4. The van der Waals surface area contributed by atoms with Gasteiger partial charge in [-0.1, -0.05) is 11.8 Å². The van der Waals surface area contributed by atoms with E-state index in [2.05, 4.69) is 26.2 Å². The van der Waals surface area contributed by atoms with Crippen molar-refractivity contribution in [3.8, 4) is 5.75 Å². The number of methoxy groups -OCH3 is 1. The van der Waals surface area contributed by atoms with E-state index in [1.807, 2.05) is 0 Å². The minimum absolute atomic E-state index is 0.117. The highest BCUT2D eigenvalue weighted by atomic mass is 32.2. The average Bonchev–Trinajstić information content (AvgIpc) is 3.02. The molecule has 0 fully saturated rings. The molecule has 1 aromatic heterocycles. The summed E-state index contributed by atoms with van der Waals surface area (Å²) in [5.74, 6) is 0.404. The van der Waals surface area contributed by atoms with E-state index in [-0.39, 0.29) is 18.2 Å². The number of nitrogens with zero attached hydrogens (tertiary/aromatic N) is 4. The summed E-state index contributed by atoms with van der Waals surface area (Å²) in [6.07, 6.45) is 0.117. The maximum Gasteiger partial charge on any atom is 0.228 e. The third kappa shape index (κ3) is 3.90. The maximum atomic E-state index is 12.5. The highest BCUT2D eigenvalue weighted by Crippen LogP contribution is 2.35. The van der Waals surface area contributed by atoms with Crippen molar-refractivity contribution in [2.45, 2.75) is 17.5 Å². The van der Waals surface area contributed by atoms with Crippen LogP contribution in [-0.2, 0) is 16.6 Å².